The molecule has 0 atom stereocenters. The first-order valence-electron chi connectivity index (χ1n) is 7.36. The number of halogens is 2. The maximum absolute atomic E-state index is 12.2. The van der Waals surface area contributed by atoms with E-state index in [1.807, 2.05) is 0 Å². The molecule has 0 spiro atoms. The van der Waals surface area contributed by atoms with Crippen molar-refractivity contribution in [3.63, 3.8) is 0 Å². The maximum Gasteiger partial charge on any atom is 0.322 e. The molecule has 8 nitrogen and oxygen atoms in total. The smallest absolute Gasteiger partial charge is 0.322 e. The second-order valence-corrected chi connectivity index (χ2v) is 7.30. The van der Waals surface area contributed by atoms with Crippen molar-refractivity contribution in [2.75, 3.05) is 26.6 Å². The Balaban J connectivity index is 1.87. The van der Waals surface area contributed by atoms with Crippen LogP contribution in [0.1, 0.15) is 10.4 Å². The highest BCUT2D eigenvalue weighted by atomic mass is 35.5. The van der Waals surface area contributed by atoms with E-state index in [-0.39, 0.29) is 21.8 Å². The molecule has 2 aromatic heterocycles. The van der Waals surface area contributed by atoms with Crippen LogP contribution in [0.15, 0.2) is 22.6 Å². The van der Waals surface area contributed by atoms with Crippen LogP contribution in [0.3, 0.4) is 0 Å². The number of methoxy groups -OCH3 is 3. The minimum atomic E-state index is -0.511. The van der Waals surface area contributed by atoms with E-state index in [0.29, 0.717) is 27.1 Å². The summed E-state index contributed by atoms with van der Waals surface area (Å²) in [5, 5.41) is 10.2. The summed E-state index contributed by atoms with van der Waals surface area (Å²) in [5.41, 5.74) is 0.744. The average Bonchev–Trinajstić information content (AvgIpc) is 3.26. The van der Waals surface area contributed by atoms with Crippen molar-refractivity contribution in [3.05, 3.63) is 32.4 Å². The van der Waals surface area contributed by atoms with Gasteiger partial charge in [-0.25, -0.2) is 0 Å². The number of nitrogens with one attached hydrogen (secondary N) is 1. The number of hydrogen-bond acceptors (Lipinski definition) is 8. The topological polar surface area (TPSA) is 95.7 Å². The van der Waals surface area contributed by atoms with Gasteiger partial charge in [0, 0.05) is 5.56 Å². The minimum Gasteiger partial charge on any atom is -0.493 e. The molecule has 0 aliphatic rings. The fourth-order valence-electron chi connectivity index (χ4n) is 2.25. The molecule has 3 rings (SSSR count). The molecule has 1 N–H and O–H groups in total. The quantitative estimate of drug-likeness (QED) is 0.620. The molecule has 0 unspecified atom stereocenters. The lowest BCUT2D eigenvalue weighted by Gasteiger charge is -2.12. The van der Waals surface area contributed by atoms with Crippen molar-refractivity contribution in [1.82, 2.24) is 10.2 Å². The van der Waals surface area contributed by atoms with Crippen LogP contribution in [0.4, 0.5) is 6.01 Å². The van der Waals surface area contributed by atoms with Crippen molar-refractivity contribution >= 4 is 46.5 Å². The van der Waals surface area contributed by atoms with E-state index < -0.39 is 5.91 Å². The molecule has 0 radical (unpaired) electrons. The largest absolute Gasteiger partial charge is 0.493 e. The van der Waals surface area contributed by atoms with Crippen LogP contribution in [0.25, 0.3) is 11.5 Å². The van der Waals surface area contributed by atoms with Gasteiger partial charge in [-0.1, -0.05) is 28.3 Å². The standard InChI is InChI=1S/C16H13Cl2N3O5S/c1-23-9-4-7(5-10(24-2)12(9)25-3)15-20-21-16(26-15)19-14(22)8-6-11(17)27-13(8)18/h4-6H,1-3H3,(H,19,21,22). The third-order valence-electron chi connectivity index (χ3n) is 3.46. The van der Waals surface area contributed by atoms with Gasteiger partial charge in [0.2, 0.25) is 11.6 Å². The lowest BCUT2D eigenvalue weighted by atomic mass is 10.2. The third kappa shape index (κ3) is 3.95. The van der Waals surface area contributed by atoms with Crippen molar-refractivity contribution in [1.29, 1.82) is 0 Å². The SMILES string of the molecule is COc1cc(-c2nnc(NC(=O)c3cc(Cl)sc3Cl)o2)cc(OC)c1OC. The first-order valence-corrected chi connectivity index (χ1v) is 8.94. The molecule has 142 valence electrons. The average molecular weight is 430 g/mol. The zero-order chi connectivity index (χ0) is 19.6. The van der Waals surface area contributed by atoms with E-state index >= 15 is 0 Å². The molecule has 27 heavy (non-hydrogen) atoms. The first kappa shape index (κ1) is 19.3. The van der Waals surface area contributed by atoms with Gasteiger partial charge in [-0.2, -0.15) is 0 Å². The molecule has 0 saturated carbocycles. The molecule has 0 aliphatic carbocycles. The number of carbonyl (C=O) groups is 1. The van der Waals surface area contributed by atoms with Crippen molar-refractivity contribution < 1.29 is 23.4 Å². The van der Waals surface area contributed by atoms with Gasteiger partial charge in [0.1, 0.15) is 4.34 Å². The zero-order valence-electron chi connectivity index (χ0n) is 14.3. The lowest BCUT2D eigenvalue weighted by Crippen LogP contribution is -2.11. The van der Waals surface area contributed by atoms with Crippen molar-refractivity contribution in [3.8, 4) is 28.7 Å². The number of carbonyl (C=O) groups excluding carboxylic acids is 1. The number of amides is 1. The molecular formula is C16H13Cl2N3O5S. The Bertz CT molecular complexity index is 963. The van der Waals surface area contributed by atoms with E-state index in [1.165, 1.54) is 27.4 Å². The van der Waals surface area contributed by atoms with E-state index in [4.69, 9.17) is 41.8 Å². The van der Waals surface area contributed by atoms with Crippen molar-refractivity contribution in [2.45, 2.75) is 0 Å². The summed E-state index contributed by atoms with van der Waals surface area (Å²) < 4.78 is 22.0. The molecule has 0 fully saturated rings. The van der Waals surface area contributed by atoms with E-state index in [9.17, 15) is 4.79 Å². The fourth-order valence-corrected chi connectivity index (χ4v) is 3.71. The molecular weight excluding hydrogens is 417 g/mol. The van der Waals surface area contributed by atoms with Crippen LogP contribution < -0.4 is 19.5 Å². The second kappa shape index (κ2) is 8.03. The van der Waals surface area contributed by atoms with Crippen LogP contribution in [0.2, 0.25) is 8.67 Å². The monoisotopic (exact) mass is 429 g/mol. The van der Waals surface area contributed by atoms with E-state index in [1.54, 1.807) is 12.1 Å². The molecule has 0 saturated heterocycles. The summed E-state index contributed by atoms with van der Waals surface area (Å²) in [5.74, 6) is 0.925. The van der Waals surface area contributed by atoms with Gasteiger partial charge in [-0.05, 0) is 18.2 Å². The predicted octanol–water partition coefficient (Wildman–Crippen LogP) is 4.38. The fraction of sp³-hybridized carbons (Fsp3) is 0.188. The summed E-state index contributed by atoms with van der Waals surface area (Å²) in [7, 11) is 4.49. The Morgan fingerprint density at radius 2 is 1.74 bits per heavy atom. The molecule has 11 heteroatoms. The second-order valence-electron chi connectivity index (χ2n) is 5.02. The van der Waals surface area contributed by atoms with Crippen LogP contribution in [-0.2, 0) is 0 Å². The Morgan fingerprint density at radius 3 is 2.26 bits per heavy atom. The van der Waals surface area contributed by atoms with Gasteiger partial charge in [-0.15, -0.1) is 16.4 Å². The Morgan fingerprint density at radius 1 is 1.07 bits per heavy atom. The summed E-state index contributed by atoms with van der Waals surface area (Å²) in [6.07, 6.45) is 0. The zero-order valence-corrected chi connectivity index (χ0v) is 16.7. The van der Waals surface area contributed by atoms with Gasteiger partial charge < -0.3 is 18.6 Å². The highest BCUT2D eigenvalue weighted by molar-refractivity contribution is 7.20. The normalized spacial score (nSPS) is 10.6. The van der Waals surface area contributed by atoms with Crippen LogP contribution >= 0.6 is 34.5 Å². The molecule has 3 aromatic rings. The van der Waals surface area contributed by atoms with Gasteiger partial charge in [0.05, 0.1) is 31.2 Å². The van der Waals surface area contributed by atoms with Crippen LogP contribution in [0.5, 0.6) is 17.2 Å². The Kier molecular flexibility index (Phi) is 5.73. The molecule has 0 bridgehead atoms. The number of ether oxygens (including phenoxy) is 3. The molecule has 1 amide bonds. The maximum atomic E-state index is 12.2. The summed E-state index contributed by atoms with van der Waals surface area (Å²) >= 11 is 12.9. The summed E-state index contributed by atoms with van der Waals surface area (Å²) in [6, 6.07) is 4.66. The van der Waals surface area contributed by atoms with E-state index in [0.717, 1.165) is 11.3 Å². The molecule has 2 heterocycles. The summed E-state index contributed by atoms with van der Waals surface area (Å²) in [4.78, 5) is 12.2. The number of aromatic nitrogens is 2. The Hall–Kier alpha value is -2.49. The lowest BCUT2D eigenvalue weighted by molar-refractivity contribution is 0.102. The van der Waals surface area contributed by atoms with Crippen LogP contribution in [-0.4, -0.2) is 37.4 Å². The number of nitrogens with zero attached hydrogens (tertiary/aromatic N) is 2. The van der Waals surface area contributed by atoms with Gasteiger partial charge in [0.15, 0.2) is 11.5 Å². The first-order chi connectivity index (χ1) is 13.0. The summed E-state index contributed by atoms with van der Waals surface area (Å²) in [6.45, 7) is 0. The number of anilines is 1. The Labute approximate surface area is 168 Å². The van der Waals surface area contributed by atoms with Crippen LogP contribution in [0, 0.1) is 0 Å². The predicted molar refractivity (Wildman–Crippen MR) is 102 cm³/mol. The molecule has 1 aromatic carbocycles. The minimum absolute atomic E-state index is 0.0952. The number of rotatable bonds is 6. The highest BCUT2D eigenvalue weighted by Crippen LogP contribution is 2.41. The van der Waals surface area contributed by atoms with Crippen molar-refractivity contribution in [2.24, 2.45) is 0 Å². The van der Waals surface area contributed by atoms with Gasteiger partial charge >= 0.3 is 6.01 Å². The van der Waals surface area contributed by atoms with Gasteiger partial charge in [0.25, 0.3) is 5.91 Å². The number of hydrogen-bond donors (Lipinski definition) is 1. The van der Waals surface area contributed by atoms with Gasteiger partial charge in [-0.3, -0.25) is 10.1 Å². The van der Waals surface area contributed by atoms with E-state index in [2.05, 4.69) is 15.5 Å². The number of thiophene rings is 1. The third-order valence-corrected chi connectivity index (χ3v) is 4.95. The number of benzene rings is 1. The molecule has 0 aliphatic heterocycles. The highest BCUT2D eigenvalue weighted by Gasteiger charge is 2.20.